The zero-order valence-corrected chi connectivity index (χ0v) is 30.3. The summed E-state index contributed by atoms with van der Waals surface area (Å²) in [6.07, 6.45) is 14.6. The van der Waals surface area contributed by atoms with E-state index in [9.17, 15) is 0 Å². The van der Waals surface area contributed by atoms with Crippen molar-refractivity contribution in [1.29, 1.82) is 0 Å². The van der Waals surface area contributed by atoms with Crippen LogP contribution in [0.5, 0.6) is 0 Å². The maximum Gasteiger partial charge on any atom is 2.00 e. The standard InChI is InChI=1S/C33H49P.2C2H4O2.Pd/c1-23(2)29-21-31(25(5)6)32(22-30(29)24(3)4)28-19-13-14-20-33(28)34(26-15-9-7-10-16-26)27-17-11-8-12-18-27;2*1-2(3)4;/h13-14,19-27H,7-12,15-18H2,1-6H3;2*1H3,(H,3,4);/q;;;+2/p-2. The molecule has 0 spiro atoms. The minimum absolute atomic E-state index is 0. The summed E-state index contributed by atoms with van der Waals surface area (Å²) in [7, 11) is -0.113. The van der Waals surface area contributed by atoms with Gasteiger partial charge in [-0.05, 0) is 102 Å². The summed E-state index contributed by atoms with van der Waals surface area (Å²) in [6, 6.07) is 14.9. The van der Waals surface area contributed by atoms with Gasteiger partial charge in [-0.2, -0.15) is 0 Å². The van der Waals surface area contributed by atoms with E-state index in [2.05, 4.69) is 77.9 Å². The summed E-state index contributed by atoms with van der Waals surface area (Å²) >= 11 is 0. The van der Waals surface area contributed by atoms with Crippen molar-refractivity contribution in [2.45, 2.75) is 149 Å². The van der Waals surface area contributed by atoms with Gasteiger partial charge in [0.2, 0.25) is 0 Å². The van der Waals surface area contributed by atoms with Crippen molar-refractivity contribution in [3.8, 4) is 11.1 Å². The van der Waals surface area contributed by atoms with Gasteiger partial charge in [0, 0.05) is 11.9 Å². The third-order valence-electron chi connectivity index (χ3n) is 8.53. The van der Waals surface area contributed by atoms with Crippen LogP contribution >= 0.6 is 7.92 Å². The number of rotatable bonds is 7. The van der Waals surface area contributed by atoms with E-state index in [1.165, 1.54) is 69.8 Å². The van der Waals surface area contributed by atoms with Gasteiger partial charge >= 0.3 is 20.4 Å². The van der Waals surface area contributed by atoms with Gasteiger partial charge in [-0.3, -0.25) is 0 Å². The molecule has 0 saturated heterocycles. The smallest absolute Gasteiger partial charge is 0.550 e. The summed E-state index contributed by atoms with van der Waals surface area (Å²) in [5, 5.41) is 19.5. The van der Waals surface area contributed by atoms with Crippen LogP contribution in [0, 0.1) is 0 Å². The molecule has 2 aromatic carbocycles. The van der Waals surface area contributed by atoms with E-state index < -0.39 is 11.9 Å². The number of carboxylic acid groups (broad SMARTS) is 2. The predicted molar refractivity (Wildman–Crippen MR) is 176 cm³/mol. The number of carbonyl (C=O) groups is 2. The van der Waals surface area contributed by atoms with Crippen LogP contribution in [0.1, 0.15) is 154 Å². The largest absolute Gasteiger partial charge is 2.00 e. The molecule has 0 heterocycles. The first-order chi connectivity index (χ1) is 19.8. The van der Waals surface area contributed by atoms with Gasteiger partial charge in [-0.1, -0.05) is 124 Å². The zero-order chi connectivity index (χ0) is 31.4. The Morgan fingerprint density at radius 3 is 1.40 bits per heavy atom. The molecule has 2 saturated carbocycles. The molecule has 0 amide bonds. The average molecular weight is 701 g/mol. The molecule has 4 rings (SSSR count). The second kappa shape index (κ2) is 19.8. The van der Waals surface area contributed by atoms with Gasteiger partial charge in [0.25, 0.3) is 0 Å². The summed E-state index contributed by atoms with van der Waals surface area (Å²) in [6.45, 7) is 16.2. The van der Waals surface area contributed by atoms with Gasteiger partial charge < -0.3 is 19.8 Å². The first kappa shape index (κ1) is 39.5. The van der Waals surface area contributed by atoms with Crippen LogP contribution in [0.4, 0.5) is 0 Å². The van der Waals surface area contributed by atoms with Crippen molar-refractivity contribution in [3.05, 3.63) is 53.1 Å². The van der Waals surface area contributed by atoms with Crippen molar-refractivity contribution in [1.82, 2.24) is 0 Å². The van der Waals surface area contributed by atoms with Gasteiger partial charge in [0.15, 0.2) is 0 Å². The Kier molecular flexibility index (Phi) is 18.2. The quantitative estimate of drug-likeness (QED) is 0.217. The van der Waals surface area contributed by atoms with Gasteiger partial charge in [0.05, 0.1) is 0 Å². The summed E-state index contributed by atoms with van der Waals surface area (Å²) in [5.41, 5.74) is 9.67. The molecule has 0 radical (unpaired) electrons. The van der Waals surface area contributed by atoms with E-state index in [4.69, 9.17) is 19.8 Å². The first-order valence-corrected chi connectivity index (χ1v) is 17.7. The van der Waals surface area contributed by atoms with Gasteiger partial charge in [-0.25, -0.2) is 0 Å². The van der Waals surface area contributed by atoms with E-state index >= 15 is 0 Å². The molecular formula is C37H55O4PPd. The molecule has 0 aliphatic heterocycles. The van der Waals surface area contributed by atoms with E-state index in [-0.39, 0.29) is 28.3 Å². The normalized spacial score (nSPS) is 15.8. The second-order valence-corrected chi connectivity index (χ2v) is 15.8. The number of aliphatic carboxylic acids is 2. The molecule has 242 valence electrons. The number of hydrogen-bond donors (Lipinski definition) is 0. The van der Waals surface area contributed by atoms with E-state index in [1.807, 2.05) is 0 Å². The molecule has 2 aliphatic rings. The maximum absolute atomic E-state index is 8.89. The Bertz CT molecular complexity index is 1090. The summed E-state index contributed by atoms with van der Waals surface area (Å²) in [4.78, 5) is 17.8. The molecule has 2 aromatic rings. The monoisotopic (exact) mass is 700 g/mol. The van der Waals surface area contributed by atoms with Crippen molar-refractivity contribution < 1.29 is 40.2 Å². The SMILES string of the molecule is CC(=O)[O-].CC(=O)[O-].CC(C)c1cc(C(C)C)c(C(C)C)cc1-c1ccccc1P(C1CCCCC1)C1CCCCC1.[Pd+2]. The van der Waals surface area contributed by atoms with E-state index in [0.717, 1.165) is 25.2 Å². The van der Waals surface area contributed by atoms with Crippen LogP contribution in [-0.2, 0) is 30.0 Å². The Hall–Kier alpha value is -1.53. The van der Waals surface area contributed by atoms with Crippen LogP contribution < -0.4 is 15.5 Å². The molecule has 0 aromatic heterocycles. The fraction of sp³-hybridized carbons (Fsp3) is 0.622. The van der Waals surface area contributed by atoms with Gasteiger partial charge in [-0.15, -0.1) is 0 Å². The number of carboxylic acids is 2. The third-order valence-corrected chi connectivity index (χ3v) is 12.1. The predicted octanol–water partition coefficient (Wildman–Crippen LogP) is 8.01. The second-order valence-electron chi connectivity index (χ2n) is 13.0. The molecule has 4 nitrogen and oxygen atoms in total. The summed E-state index contributed by atoms with van der Waals surface area (Å²) in [5.74, 6) is -0.499. The zero-order valence-electron chi connectivity index (χ0n) is 27.8. The van der Waals surface area contributed by atoms with Crippen LogP contribution in [0.2, 0.25) is 0 Å². The maximum atomic E-state index is 8.89. The fourth-order valence-corrected chi connectivity index (χ4v) is 10.7. The minimum Gasteiger partial charge on any atom is -0.550 e. The molecule has 0 N–H and O–H groups in total. The Morgan fingerprint density at radius 1 is 0.628 bits per heavy atom. The molecule has 0 unspecified atom stereocenters. The molecule has 2 aliphatic carbocycles. The van der Waals surface area contributed by atoms with Crippen LogP contribution in [0.15, 0.2) is 36.4 Å². The molecule has 43 heavy (non-hydrogen) atoms. The van der Waals surface area contributed by atoms with Gasteiger partial charge in [0.1, 0.15) is 0 Å². The molecule has 6 heteroatoms. The average Bonchev–Trinajstić information content (AvgIpc) is 2.93. The minimum atomic E-state index is -1.08. The number of carbonyl (C=O) groups excluding carboxylic acids is 2. The molecule has 0 bridgehead atoms. The topological polar surface area (TPSA) is 80.3 Å². The Labute approximate surface area is 277 Å². The first-order valence-electron chi connectivity index (χ1n) is 16.3. The summed E-state index contributed by atoms with van der Waals surface area (Å²) < 4.78 is 0. The van der Waals surface area contributed by atoms with Crippen LogP contribution in [-0.4, -0.2) is 23.3 Å². The van der Waals surface area contributed by atoms with Crippen LogP contribution in [0.25, 0.3) is 11.1 Å². The van der Waals surface area contributed by atoms with Crippen molar-refractivity contribution in [2.24, 2.45) is 0 Å². The molecular weight excluding hydrogens is 646 g/mol. The van der Waals surface area contributed by atoms with Crippen molar-refractivity contribution >= 4 is 25.2 Å². The molecule has 0 atom stereocenters. The third kappa shape index (κ3) is 12.4. The van der Waals surface area contributed by atoms with Crippen molar-refractivity contribution in [3.63, 3.8) is 0 Å². The van der Waals surface area contributed by atoms with E-state index in [0.29, 0.717) is 17.8 Å². The van der Waals surface area contributed by atoms with E-state index in [1.54, 1.807) is 27.6 Å². The Balaban J connectivity index is 0.000000917. The van der Waals surface area contributed by atoms with Crippen LogP contribution in [0.3, 0.4) is 0 Å². The number of hydrogen-bond acceptors (Lipinski definition) is 4. The fourth-order valence-electron chi connectivity index (χ4n) is 6.70. The number of benzene rings is 2. The Morgan fingerprint density at radius 2 is 1.00 bits per heavy atom. The van der Waals surface area contributed by atoms with Crippen molar-refractivity contribution in [2.75, 3.05) is 0 Å². The molecule has 2 fully saturated rings.